The van der Waals surface area contributed by atoms with Gasteiger partial charge in [-0.05, 0) is 43.0 Å². The molecule has 0 spiro atoms. The van der Waals surface area contributed by atoms with Crippen LogP contribution in [0, 0.1) is 0 Å². The lowest BCUT2D eigenvalue weighted by Gasteiger charge is -2.38. The van der Waals surface area contributed by atoms with Crippen LogP contribution in [0.3, 0.4) is 0 Å². The number of hydrogen-bond donors (Lipinski definition) is 1. The lowest BCUT2D eigenvalue weighted by atomic mass is 9.83. The number of hydrogen-bond acceptors (Lipinski definition) is 6. The predicted octanol–water partition coefficient (Wildman–Crippen LogP) is 5.46. The third-order valence-corrected chi connectivity index (χ3v) is 8.27. The molecule has 2 aromatic carbocycles. The van der Waals surface area contributed by atoms with Gasteiger partial charge in [-0.1, -0.05) is 74.1 Å². The summed E-state index contributed by atoms with van der Waals surface area (Å²) < 4.78 is 6.15. The zero-order chi connectivity index (χ0) is 25.7. The number of amides is 1. The number of likely N-dealkylation sites (N-methyl/N-ethyl adjacent to an activating group) is 1. The van der Waals surface area contributed by atoms with Crippen molar-refractivity contribution in [1.29, 1.82) is 0 Å². The zero-order valence-corrected chi connectivity index (χ0v) is 22.2. The average molecular weight is 509 g/mol. The molecule has 7 heteroatoms. The molecule has 2 heterocycles. The van der Waals surface area contributed by atoms with Gasteiger partial charge in [-0.2, -0.15) is 0 Å². The molecular weight excluding hydrogens is 472 g/mol. The number of rotatable bonds is 8. The van der Waals surface area contributed by atoms with Crippen LogP contribution in [0.5, 0.6) is 0 Å². The van der Waals surface area contributed by atoms with Crippen molar-refractivity contribution in [2.24, 2.45) is 0 Å². The number of aliphatic hydroxyl groups is 1. The molecule has 1 unspecified atom stereocenters. The van der Waals surface area contributed by atoms with E-state index in [4.69, 9.17) is 4.74 Å². The quantitative estimate of drug-likeness (QED) is 0.478. The Labute approximate surface area is 218 Å². The van der Waals surface area contributed by atoms with Gasteiger partial charge in [0.05, 0.1) is 6.42 Å². The molecule has 36 heavy (non-hydrogen) atoms. The van der Waals surface area contributed by atoms with Crippen LogP contribution >= 0.6 is 11.8 Å². The maximum Gasteiger partial charge on any atom is 0.349 e. The second kappa shape index (κ2) is 11.5. The monoisotopic (exact) mass is 508 g/mol. The van der Waals surface area contributed by atoms with E-state index in [0.717, 1.165) is 42.2 Å². The Morgan fingerprint density at radius 1 is 1.06 bits per heavy atom. The smallest absolute Gasteiger partial charge is 0.349 e. The molecule has 0 aliphatic carbocycles. The van der Waals surface area contributed by atoms with Crippen molar-refractivity contribution < 1.29 is 19.4 Å². The summed E-state index contributed by atoms with van der Waals surface area (Å²) in [6.07, 6.45) is 1.62. The standard InChI is InChI=1S/C29H36N2O4S/c1-21(2)23-12-7-8-13-25(23)36-27-24(32)20-29(35-28(27)34,22-10-5-4-6-11-22)15-9-14-26(33)31-18-16-30(3)17-19-31/h4-8,10-13,21,32H,9,14-20H2,1-3H3. The highest BCUT2D eigenvalue weighted by Gasteiger charge is 2.43. The zero-order valence-electron chi connectivity index (χ0n) is 21.4. The van der Waals surface area contributed by atoms with Crippen molar-refractivity contribution in [3.05, 3.63) is 76.4 Å². The van der Waals surface area contributed by atoms with E-state index < -0.39 is 11.6 Å². The van der Waals surface area contributed by atoms with Crippen molar-refractivity contribution >= 4 is 23.6 Å². The van der Waals surface area contributed by atoms with Gasteiger partial charge in [0.25, 0.3) is 0 Å². The number of esters is 1. The number of nitrogens with zero attached hydrogens (tertiary/aromatic N) is 2. The van der Waals surface area contributed by atoms with Gasteiger partial charge in [-0.3, -0.25) is 4.79 Å². The van der Waals surface area contributed by atoms with Gasteiger partial charge in [0, 0.05) is 37.5 Å². The SMILES string of the molecule is CC(C)c1ccccc1SC1=C(O)CC(CCCC(=O)N2CCN(C)CC2)(c2ccccc2)OC1=O. The number of thioether (sulfide) groups is 1. The van der Waals surface area contributed by atoms with Crippen LogP contribution in [0.2, 0.25) is 0 Å². The molecule has 1 atom stereocenters. The minimum Gasteiger partial charge on any atom is -0.511 e. The fourth-order valence-corrected chi connectivity index (χ4v) is 6.02. The Kier molecular flexibility index (Phi) is 8.42. The van der Waals surface area contributed by atoms with E-state index in [1.54, 1.807) is 0 Å². The summed E-state index contributed by atoms with van der Waals surface area (Å²) >= 11 is 1.27. The summed E-state index contributed by atoms with van der Waals surface area (Å²) in [5.74, 6) is -0.0485. The van der Waals surface area contributed by atoms with Gasteiger partial charge in [-0.25, -0.2) is 4.79 Å². The molecule has 0 aromatic heterocycles. The Morgan fingerprint density at radius 2 is 1.72 bits per heavy atom. The van der Waals surface area contributed by atoms with Crippen molar-refractivity contribution in [2.45, 2.75) is 55.9 Å². The van der Waals surface area contributed by atoms with Crippen LogP contribution in [-0.4, -0.2) is 60.0 Å². The van der Waals surface area contributed by atoms with E-state index >= 15 is 0 Å². The Hall–Kier alpha value is -2.77. The molecule has 0 bridgehead atoms. The number of cyclic esters (lactones) is 1. The van der Waals surface area contributed by atoms with Crippen LogP contribution in [0.25, 0.3) is 0 Å². The average Bonchev–Trinajstić information content (AvgIpc) is 2.87. The minimum atomic E-state index is -0.994. The second-order valence-electron chi connectivity index (χ2n) is 10.0. The van der Waals surface area contributed by atoms with E-state index in [1.807, 2.05) is 59.5 Å². The number of piperazine rings is 1. The highest BCUT2D eigenvalue weighted by atomic mass is 32.2. The Balaban J connectivity index is 1.52. The maximum atomic E-state index is 13.3. The molecule has 2 aliphatic rings. The number of carbonyl (C=O) groups is 2. The van der Waals surface area contributed by atoms with Gasteiger partial charge < -0.3 is 19.6 Å². The van der Waals surface area contributed by atoms with Crippen molar-refractivity contribution in [3.8, 4) is 0 Å². The van der Waals surface area contributed by atoms with E-state index in [1.165, 1.54) is 11.8 Å². The topological polar surface area (TPSA) is 70.1 Å². The minimum absolute atomic E-state index is 0.0454. The summed E-state index contributed by atoms with van der Waals surface area (Å²) in [6.45, 7) is 7.48. The van der Waals surface area contributed by atoms with E-state index in [-0.39, 0.29) is 28.9 Å². The van der Waals surface area contributed by atoms with Gasteiger partial charge >= 0.3 is 5.97 Å². The maximum absolute atomic E-state index is 13.3. The first kappa shape index (κ1) is 26.3. The summed E-state index contributed by atoms with van der Waals surface area (Å²) in [6, 6.07) is 17.5. The molecule has 2 aliphatic heterocycles. The molecule has 2 aromatic rings. The summed E-state index contributed by atoms with van der Waals surface area (Å²) in [5.41, 5.74) is 0.966. The Morgan fingerprint density at radius 3 is 2.39 bits per heavy atom. The van der Waals surface area contributed by atoms with Crippen molar-refractivity contribution in [3.63, 3.8) is 0 Å². The first-order chi connectivity index (χ1) is 17.3. The Bertz CT molecular complexity index is 1110. The van der Waals surface area contributed by atoms with Crippen molar-refractivity contribution in [2.75, 3.05) is 33.2 Å². The first-order valence-electron chi connectivity index (χ1n) is 12.7. The van der Waals surface area contributed by atoms with Gasteiger partial charge in [0.15, 0.2) is 0 Å². The van der Waals surface area contributed by atoms with Crippen molar-refractivity contribution in [1.82, 2.24) is 9.80 Å². The highest BCUT2D eigenvalue weighted by molar-refractivity contribution is 8.04. The lowest BCUT2D eigenvalue weighted by molar-refractivity contribution is -0.160. The number of carbonyl (C=O) groups excluding carboxylic acids is 2. The number of ether oxygens (including phenoxy) is 1. The molecular formula is C29H36N2O4S. The summed E-state index contributed by atoms with van der Waals surface area (Å²) in [5, 5.41) is 11.1. The molecule has 0 radical (unpaired) electrons. The van der Waals surface area contributed by atoms with Crippen LogP contribution < -0.4 is 0 Å². The van der Waals surface area contributed by atoms with E-state index in [0.29, 0.717) is 19.3 Å². The summed E-state index contributed by atoms with van der Waals surface area (Å²) in [4.78, 5) is 31.4. The number of benzene rings is 2. The van der Waals surface area contributed by atoms with Gasteiger partial charge in [0.2, 0.25) is 5.91 Å². The van der Waals surface area contributed by atoms with Crippen LogP contribution in [-0.2, 0) is 19.9 Å². The molecule has 1 fully saturated rings. The molecule has 1 N–H and O–H groups in total. The number of aliphatic hydroxyl groups excluding tert-OH is 1. The second-order valence-corrected chi connectivity index (χ2v) is 11.1. The fourth-order valence-electron chi connectivity index (χ4n) is 4.92. The third kappa shape index (κ3) is 5.95. The van der Waals surface area contributed by atoms with Crippen LogP contribution in [0.1, 0.15) is 56.6 Å². The molecule has 0 saturated carbocycles. The van der Waals surface area contributed by atoms with E-state index in [2.05, 4.69) is 25.8 Å². The molecule has 4 rings (SSSR count). The fraction of sp³-hybridized carbons (Fsp3) is 0.448. The predicted molar refractivity (Wildman–Crippen MR) is 143 cm³/mol. The van der Waals surface area contributed by atoms with Crippen LogP contribution in [0.15, 0.2) is 70.2 Å². The highest BCUT2D eigenvalue weighted by Crippen LogP contribution is 2.46. The van der Waals surface area contributed by atoms with E-state index in [9.17, 15) is 14.7 Å². The molecule has 1 amide bonds. The lowest BCUT2D eigenvalue weighted by Crippen LogP contribution is -2.47. The normalized spacial score (nSPS) is 21.1. The molecule has 192 valence electrons. The first-order valence-corrected chi connectivity index (χ1v) is 13.5. The van der Waals surface area contributed by atoms with Crippen LogP contribution in [0.4, 0.5) is 0 Å². The third-order valence-electron chi connectivity index (χ3n) is 7.07. The summed E-state index contributed by atoms with van der Waals surface area (Å²) in [7, 11) is 2.07. The largest absolute Gasteiger partial charge is 0.511 e. The van der Waals surface area contributed by atoms with Gasteiger partial charge in [-0.15, -0.1) is 0 Å². The molecule has 6 nitrogen and oxygen atoms in total. The van der Waals surface area contributed by atoms with Gasteiger partial charge in [0.1, 0.15) is 16.3 Å². The molecule has 1 saturated heterocycles.